The number of hydrogen-bond acceptors (Lipinski definition) is 3. The predicted molar refractivity (Wildman–Crippen MR) is 95.7 cm³/mol. The molecule has 0 heterocycles. The average molecular weight is 425 g/mol. The van der Waals surface area contributed by atoms with Crippen LogP contribution in [0.4, 0.5) is 4.39 Å². The van der Waals surface area contributed by atoms with E-state index in [-0.39, 0.29) is 23.5 Å². The summed E-state index contributed by atoms with van der Waals surface area (Å²) < 4.78 is 40.2. The largest absolute Gasteiger partial charge is 0.348 e. The zero-order valence-electron chi connectivity index (χ0n) is 12.9. The fraction of sp³-hybridized carbons (Fsp3) is 0.118. The van der Waals surface area contributed by atoms with Crippen LogP contribution in [-0.2, 0) is 16.6 Å². The molecule has 0 aliphatic rings. The molecule has 0 saturated carbocycles. The summed E-state index contributed by atoms with van der Waals surface area (Å²) in [6.07, 6.45) is 5.04. The van der Waals surface area contributed by atoms with Gasteiger partial charge in [-0.25, -0.2) is 12.8 Å². The molecule has 2 rings (SSSR count). The highest BCUT2D eigenvalue weighted by atomic mass is 79.9. The lowest BCUT2D eigenvalue weighted by Crippen LogP contribution is -2.25. The fourth-order valence-corrected chi connectivity index (χ4v) is 3.51. The van der Waals surface area contributed by atoms with Gasteiger partial charge in [-0.1, -0.05) is 27.9 Å². The standard InChI is InChI=1S/C17H14BrFN2O3S/c1-2-6-21-25(23,24)16-5-3-4-13(9-16)17(22)20-11-12-7-14(18)10-15(19)8-12/h1,3-5,7-10,21H,6,11H2,(H,20,22). The van der Waals surface area contributed by atoms with Crippen molar-refractivity contribution >= 4 is 31.9 Å². The maximum absolute atomic E-state index is 13.3. The maximum Gasteiger partial charge on any atom is 0.251 e. The minimum absolute atomic E-state index is 0.0658. The van der Waals surface area contributed by atoms with Gasteiger partial charge < -0.3 is 5.32 Å². The molecule has 1 amide bonds. The number of carbonyl (C=O) groups excluding carboxylic acids is 1. The molecule has 2 aromatic carbocycles. The summed E-state index contributed by atoms with van der Waals surface area (Å²) in [5, 5.41) is 2.62. The zero-order valence-corrected chi connectivity index (χ0v) is 15.3. The molecule has 0 atom stereocenters. The Bertz CT molecular complexity index is 919. The minimum Gasteiger partial charge on any atom is -0.348 e. The van der Waals surface area contributed by atoms with Crippen LogP contribution in [0.25, 0.3) is 0 Å². The minimum atomic E-state index is -3.79. The van der Waals surface area contributed by atoms with Crippen molar-refractivity contribution in [2.75, 3.05) is 6.54 Å². The Labute approximate surface area is 153 Å². The van der Waals surface area contributed by atoms with Gasteiger partial charge in [0.2, 0.25) is 10.0 Å². The maximum atomic E-state index is 13.3. The Balaban J connectivity index is 2.12. The number of terminal acetylenes is 1. The third-order valence-corrected chi connectivity index (χ3v) is 5.00. The first-order valence-corrected chi connectivity index (χ1v) is 9.36. The summed E-state index contributed by atoms with van der Waals surface area (Å²) in [5.41, 5.74) is 0.735. The highest BCUT2D eigenvalue weighted by molar-refractivity contribution is 9.10. The average Bonchev–Trinajstić information content (AvgIpc) is 2.57. The topological polar surface area (TPSA) is 75.3 Å². The summed E-state index contributed by atoms with van der Waals surface area (Å²) in [7, 11) is -3.79. The van der Waals surface area contributed by atoms with Crippen LogP contribution in [0.15, 0.2) is 51.8 Å². The van der Waals surface area contributed by atoms with Gasteiger partial charge in [-0.05, 0) is 42.0 Å². The summed E-state index contributed by atoms with van der Waals surface area (Å²) in [5.74, 6) is 1.27. The van der Waals surface area contributed by atoms with Crippen LogP contribution >= 0.6 is 15.9 Å². The molecule has 0 bridgehead atoms. The monoisotopic (exact) mass is 424 g/mol. The normalized spacial score (nSPS) is 10.9. The molecule has 25 heavy (non-hydrogen) atoms. The van der Waals surface area contributed by atoms with E-state index in [4.69, 9.17) is 6.42 Å². The molecule has 130 valence electrons. The number of hydrogen-bond donors (Lipinski definition) is 2. The molecule has 0 saturated heterocycles. The predicted octanol–water partition coefficient (Wildman–Crippen LogP) is 2.43. The van der Waals surface area contributed by atoms with Gasteiger partial charge in [-0.2, -0.15) is 4.72 Å². The highest BCUT2D eigenvalue weighted by Crippen LogP contribution is 2.15. The summed E-state index contributed by atoms with van der Waals surface area (Å²) in [6, 6.07) is 9.83. The first-order valence-electron chi connectivity index (χ1n) is 7.08. The Hall–Kier alpha value is -2.21. The van der Waals surface area contributed by atoms with Crippen molar-refractivity contribution in [1.82, 2.24) is 10.0 Å². The molecule has 2 N–H and O–H groups in total. The molecular weight excluding hydrogens is 411 g/mol. The zero-order chi connectivity index (χ0) is 18.4. The number of carbonyl (C=O) groups is 1. The number of benzene rings is 2. The van der Waals surface area contributed by atoms with E-state index in [1.54, 1.807) is 6.07 Å². The summed E-state index contributed by atoms with van der Waals surface area (Å²) >= 11 is 3.18. The van der Waals surface area contributed by atoms with Gasteiger partial charge in [-0.3, -0.25) is 4.79 Å². The quantitative estimate of drug-likeness (QED) is 0.699. The van der Waals surface area contributed by atoms with Gasteiger partial charge in [0.25, 0.3) is 5.91 Å². The number of halogens is 2. The molecule has 0 fully saturated rings. The van der Waals surface area contributed by atoms with Crippen LogP contribution in [0.3, 0.4) is 0 Å². The number of rotatable bonds is 6. The Morgan fingerprint density at radius 3 is 2.68 bits per heavy atom. The fourth-order valence-electron chi connectivity index (χ4n) is 2.02. The Kier molecular flexibility index (Phi) is 6.31. The lowest BCUT2D eigenvalue weighted by molar-refractivity contribution is 0.0950. The molecule has 0 aromatic heterocycles. The van der Waals surface area contributed by atoms with Crippen LogP contribution < -0.4 is 10.0 Å². The van der Waals surface area contributed by atoms with E-state index in [0.29, 0.717) is 10.0 Å². The molecule has 5 nitrogen and oxygen atoms in total. The summed E-state index contributed by atoms with van der Waals surface area (Å²) in [4.78, 5) is 12.2. The lowest BCUT2D eigenvalue weighted by Gasteiger charge is -2.08. The molecule has 0 radical (unpaired) electrons. The third kappa shape index (κ3) is 5.39. The molecule has 0 aliphatic heterocycles. The van der Waals surface area contributed by atoms with Crippen molar-refractivity contribution < 1.29 is 17.6 Å². The Morgan fingerprint density at radius 2 is 2.00 bits per heavy atom. The van der Waals surface area contributed by atoms with Gasteiger partial charge in [0.05, 0.1) is 11.4 Å². The van der Waals surface area contributed by atoms with E-state index in [2.05, 4.69) is 31.9 Å². The van der Waals surface area contributed by atoms with Gasteiger partial charge >= 0.3 is 0 Å². The molecule has 0 unspecified atom stereocenters. The second kappa shape index (κ2) is 8.25. The first-order chi connectivity index (χ1) is 11.8. The number of sulfonamides is 1. The van der Waals surface area contributed by atoms with Gasteiger partial charge in [0.1, 0.15) is 5.82 Å². The van der Waals surface area contributed by atoms with E-state index >= 15 is 0 Å². The van der Waals surface area contributed by atoms with Crippen LogP contribution in [-0.4, -0.2) is 20.9 Å². The van der Waals surface area contributed by atoms with Gasteiger partial charge in [0.15, 0.2) is 0 Å². The van der Waals surface area contributed by atoms with Crippen LogP contribution in [0.5, 0.6) is 0 Å². The van der Waals surface area contributed by atoms with E-state index in [9.17, 15) is 17.6 Å². The van der Waals surface area contributed by atoms with E-state index in [1.807, 2.05) is 0 Å². The van der Waals surface area contributed by atoms with Crippen LogP contribution in [0.1, 0.15) is 15.9 Å². The van der Waals surface area contributed by atoms with Crippen molar-refractivity contribution in [3.63, 3.8) is 0 Å². The molecule has 0 spiro atoms. The Morgan fingerprint density at radius 1 is 1.24 bits per heavy atom. The van der Waals surface area contributed by atoms with Gasteiger partial charge in [-0.15, -0.1) is 6.42 Å². The van der Waals surface area contributed by atoms with Crippen molar-refractivity contribution in [1.29, 1.82) is 0 Å². The van der Waals surface area contributed by atoms with E-state index in [0.717, 1.165) is 0 Å². The molecule has 0 aliphatic carbocycles. The lowest BCUT2D eigenvalue weighted by atomic mass is 10.2. The third-order valence-electron chi connectivity index (χ3n) is 3.15. The second-order valence-electron chi connectivity index (χ2n) is 5.02. The molecular formula is C17H14BrFN2O3S. The van der Waals surface area contributed by atoms with Crippen molar-refractivity contribution in [3.05, 3.63) is 63.9 Å². The number of nitrogens with one attached hydrogen (secondary N) is 2. The van der Waals surface area contributed by atoms with Gasteiger partial charge in [0, 0.05) is 16.6 Å². The molecule has 2 aromatic rings. The van der Waals surface area contributed by atoms with Crippen molar-refractivity contribution in [2.45, 2.75) is 11.4 Å². The van der Waals surface area contributed by atoms with Crippen LogP contribution in [0.2, 0.25) is 0 Å². The molecule has 8 heteroatoms. The van der Waals surface area contributed by atoms with E-state index in [1.165, 1.54) is 36.4 Å². The highest BCUT2D eigenvalue weighted by Gasteiger charge is 2.15. The first kappa shape index (κ1) is 19.1. The smallest absolute Gasteiger partial charge is 0.251 e. The summed E-state index contributed by atoms with van der Waals surface area (Å²) in [6.45, 7) is -0.0469. The van der Waals surface area contributed by atoms with E-state index < -0.39 is 21.7 Å². The van der Waals surface area contributed by atoms with Crippen molar-refractivity contribution in [2.24, 2.45) is 0 Å². The SMILES string of the molecule is C#CCNS(=O)(=O)c1cccc(C(=O)NCc2cc(F)cc(Br)c2)c1. The van der Waals surface area contributed by atoms with Crippen molar-refractivity contribution in [3.8, 4) is 12.3 Å². The van der Waals surface area contributed by atoms with Crippen LogP contribution in [0, 0.1) is 18.2 Å². The number of amides is 1. The second-order valence-corrected chi connectivity index (χ2v) is 7.70.